The molecule has 1 aliphatic heterocycles. The van der Waals surface area contributed by atoms with Gasteiger partial charge in [0.1, 0.15) is 6.07 Å². The van der Waals surface area contributed by atoms with Gasteiger partial charge in [-0.05, 0) is 6.54 Å². The predicted molar refractivity (Wildman–Crippen MR) is 65.6 cm³/mol. The largest absolute Gasteiger partial charge is 0.375 e. The second-order valence-electron chi connectivity index (χ2n) is 3.74. The molecular formula is C10H15N5S. The van der Waals surface area contributed by atoms with Gasteiger partial charge < -0.3 is 15.5 Å². The topological polar surface area (TPSA) is 69.2 Å². The maximum absolute atomic E-state index is 8.99. The van der Waals surface area contributed by atoms with Crippen molar-refractivity contribution in [2.45, 2.75) is 6.92 Å². The summed E-state index contributed by atoms with van der Waals surface area (Å²) in [5.41, 5.74) is 5.63. The Labute approximate surface area is 99.1 Å². The zero-order valence-electron chi connectivity index (χ0n) is 9.31. The summed E-state index contributed by atoms with van der Waals surface area (Å²) in [6.07, 6.45) is 0. The van der Waals surface area contributed by atoms with E-state index < -0.39 is 0 Å². The molecule has 2 rings (SSSR count). The molecule has 0 saturated carbocycles. The van der Waals surface area contributed by atoms with Crippen molar-refractivity contribution in [2.75, 3.05) is 43.4 Å². The number of piperazine rings is 1. The SMILES string of the molecule is CCN1CCN(c2nc(N)sc2C#N)CC1. The normalized spacial score (nSPS) is 17.4. The third kappa shape index (κ3) is 2.10. The van der Waals surface area contributed by atoms with Gasteiger partial charge in [-0.15, -0.1) is 0 Å². The first-order valence-corrected chi connectivity index (χ1v) is 6.20. The molecule has 0 aromatic carbocycles. The fraction of sp³-hybridized carbons (Fsp3) is 0.600. The van der Waals surface area contributed by atoms with Crippen LogP contribution in [0, 0.1) is 11.3 Å². The molecule has 2 heterocycles. The summed E-state index contributed by atoms with van der Waals surface area (Å²) < 4.78 is 0. The van der Waals surface area contributed by atoms with Crippen molar-refractivity contribution in [1.29, 1.82) is 5.26 Å². The first-order chi connectivity index (χ1) is 7.74. The van der Waals surface area contributed by atoms with Crippen LogP contribution in [0.5, 0.6) is 0 Å². The van der Waals surface area contributed by atoms with Gasteiger partial charge in [-0.2, -0.15) is 5.26 Å². The highest BCUT2D eigenvalue weighted by Gasteiger charge is 2.21. The minimum atomic E-state index is 0.476. The van der Waals surface area contributed by atoms with E-state index in [4.69, 9.17) is 11.0 Å². The highest BCUT2D eigenvalue weighted by atomic mass is 32.1. The number of hydrogen-bond acceptors (Lipinski definition) is 6. The number of thiazole rings is 1. The van der Waals surface area contributed by atoms with Crippen LogP contribution in [0.25, 0.3) is 0 Å². The second-order valence-corrected chi connectivity index (χ2v) is 4.77. The van der Waals surface area contributed by atoms with Gasteiger partial charge in [0.05, 0.1) is 0 Å². The van der Waals surface area contributed by atoms with Gasteiger partial charge in [0.15, 0.2) is 15.8 Å². The van der Waals surface area contributed by atoms with Crippen LogP contribution in [0.2, 0.25) is 0 Å². The number of rotatable bonds is 2. The molecule has 0 radical (unpaired) electrons. The lowest BCUT2D eigenvalue weighted by atomic mass is 10.3. The molecule has 1 aromatic heterocycles. The summed E-state index contributed by atoms with van der Waals surface area (Å²) >= 11 is 1.26. The molecule has 0 bridgehead atoms. The standard InChI is InChI=1S/C10H15N5S/c1-2-14-3-5-15(6-4-14)9-8(7-11)16-10(12)13-9/h2-6H2,1H3,(H2,12,13). The number of likely N-dealkylation sites (N-methyl/N-ethyl adjacent to an activating group) is 1. The van der Waals surface area contributed by atoms with Gasteiger partial charge in [0.2, 0.25) is 0 Å². The summed E-state index contributed by atoms with van der Waals surface area (Å²) in [4.78, 5) is 9.40. The van der Waals surface area contributed by atoms with Crippen LogP contribution >= 0.6 is 11.3 Å². The van der Waals surface area contributed by atoms with Crippen LogP contribution in [0.15, 0.2) is 0 Å². The summed E-state index contributed by atoms with van der Waals surface area (Å²) in [6.45, 7) is 7.14. The average Bonchev–Trinajstić information content (AvgIpc) is 2.70. The highest BCUT2D eigenvalue weighted by Crippen LogP contribution is 2.27. The van der Waals surface area contributed by atoms with E-state index in [1.54, 1.807) is 0 Å². The predicted octanol–water partition coefficient (Wildman–Crippen LogP) is 0.739. The van der Waals surface area contributed by atoms with E-state index in [2.05, 4.69) is 27.8 Å². The van der Waals surface area contributed by atoms with Gasteiger partial charge >= 0.3 is 0 Å². The van der Waals surface area contributed by atoms with Gasteiger partial charge in [-0.1, -0.05) is 18.3 Å². The Morgan fingerprint density at radius 3 is 2.69 bits per heavy atom. The number of nitrogens with two attached hydrogens (primary N) is 1. The lowest BCUT2D eigenvalue weighted by Crippen LogP contribution is -2.46. The molecule has 1 fully saturated rings. The molecule has 1 aliphatic rings. The van der Waals surface area contributed by atoms with Crippen LogP contribution in [-0.2, 0) is 0 Å². The Balaban J connectivity index is 2.11. The zero-order valence-corrected chi connectivity index (χ0v) is 10.1. The van der Waals surface area contributed by atoms with E-state index in [1.807, 2.05) is 0 Å². The fourth-order valence-electron chi connectivity index (χ4n) is 1.89. The van der Waals surface area contributed by atoms with E-state index in [-0.39, 0.29) is 0 Å². The summed E-state index contributed by atoms with van der Waals surface area (Å²) in [5, 5.41) is 9.46. The Morgan fingerprint density at radius 2 is 2.12 bits per heavy atom. The lowest BCUT2D eigenvalue weighted by molar-refractivity contribution is 0.270. The van der Waals surface area contributed by atoms with Crippen molar-refractivity contribution in [2.24, 2.45) is 0 Å². The Morgan fingerprint density at radius 1 is 1.44 bits per heavy atom. The number of aromatic nitrogens is 1. The zero-order chi connectivity index (χ0) is 11.5. The van der Waals surface area contributed by atoms with Crippen molar-refractivity contribution in [3.05, 3.63) is 4.88 Å². The first-order valence-electron chi connectivity index (χ1n) is 5.38. The van der Waals surface area contributed by atoms with Crippen molar-refractivity contribution in [3.8, 4) is 6.07 Å². The monoisotopic (exact) mass is 237 g/mol. The minimum absolute atomic E-state index is 0.476. The summed E-state index contributed by atoms with van der Waals surface area (Å²) in [5.74, 6) is 0.765. The first kappa shape index (κ1) is 11.2. The molecule has 0 unspecified atom stereocenters. The molecule has 86 valence electrons. The Bertz CT molecular complexity index is 400. The number of nitriles is 1. The Hall–Kier alpha value is -1.32. The summed E-state index contributed by atoms with van der Waals surface area (Å²) in [7, 11) is 0. The maximum atomic E-state index is 8.99. The number of anilines is 2. The van der Waals surface area contributed by atoms with Crippen molar-refractivity contribution in [1.82, 2.24) is 9.88 Å². The van der Waals surface area contributed by atoms with Gasteiger partial charge in [-0.25, -0.2) is 4.98 Å². The fourth-order valence-corrected chi connectivity index (χ4v) is 2.54. The van der Waals surface area contributed by atoms with E-state index >= 15 is 0 Å². The number of nitrogen functional groups attached to an aromatic ring is 1. The Kier molecular flexibility index (Phi) is 3.27. The molecule has 1 aromatic rings. The number of nitrogens with zero attached hydrogens (tertiary/aromatic N) is 4. The summed E-state index contributed by atoms with van der Waals surface area (Å²) in [6, 6.07) is 2.16. The van der Waals surface area contributed by atoms with Crippen molar-refractivity contribution < 1.29 is 0 Å². The molecule has 0 spiro atoms. The third-order valence-electron chi connectivity index (χ3n) is 2.85. The quantitative estimate of drug-likeness (QED) is 0.821. The van der Waals surface area contributed by atoms with Gasteiger partial charge in [-0.3, -0.25) is 0 Å². The molecule has 0 atom stereocenters. The average molecular weight is 237 g/mol. The van der Waals surface area contributed by atoms with Gasteiger partial charge in [0, 0.05) is 26.2 Å². The van der Waals surface area contributed by atoms with E-state index in [9.17, 15) is 0 Å². The van der Waals surface area contributed by atoms with Crippen LogP contribution in [0.1, 0.15) is 11.8 Å². The van der Waals surface area contributed by atoms with Crippen molar-refractivity contribution >= 4 is 22.3 Å². The van der Waals surface area contributed by atoms with E-state index in [0.717, 1.165) is 38.5 Å². The molecule has 0 amide bonds. The van der Waals surface area contributed by atoms with Gasteiger partial charge in [0.25, 0.3) is 0 Å². The van der Waals surface area contributed by atoms with Crippen LogP contribution in [0.3, 0.4) is 0 Å². The van der Waals surface area contributed by atoms with Crippen LogP contribution in [-0.4, -0.2) is 42.6 Å². The second kappa shape index (κ2) is 4.68. The molecule has 5 nitrogen and oxygen atoms in total. The molecule has 16 heavy (non-hydrogen) atoms. The maximum Gasteiger partial charge on any atom is 0.183 e. The van der Waals surface area contributed by atoms with E-state index in [0.29, 0.717) is 10.0 Å². The highest BCUT2D eigenvalue weighted by molar-refractivity contribution is 7.16. The number of hydrogen-bond donors (Lipinski definition) is 1. The minimum Gasteiger partial charge on any atom is -0.375 e. The molecule has 6 heteroatoms. The molecular weight excluding hydrogens is 222 g/mol. The van der Waals surface area contributed by atoms with Crippen LogP contribution in [0.4, 0.5) is 10.9 Å². The molecule has 1 saturated heterocycles. The molecule has 2 N–H and O–H groups in total. The molecule has 0 aliphatic carbocycles. The van der Waals surface area contributed by atoms with Crippen molar-refractivity contribution in [3.63, 3.8) is 0 Å². The smallest absolute Gasteiger partial charge is 0.183 e. The third-order valence-corrected chi connectivity index (χ3v) is 3.62. The lowest BCUT2D eigenvalue weighted by Gasteiger charge is -2.34. The van der Waals surface area contributed by atoms with E-state index in [1.165, 1.54) is 11.3 Å². The van der Waals surface area contributed by atoms with Crippen LogP contribution < -0.4 is 10.6 Å².